The molecule has 1 saturated heterocycles. The lowest BCUT2D eigenvalue weighted by Gasteiger charge is -2.27. The zero-order valence-electron chi connectivity index (χ0n) is 13.5. The fourth-order valence-electron chi connectivity index (χ4n) is 2.33. The average molecular weight is 455 g/mol. The van der Waals surface area contributed by atoms with Crippen molar-refractivity contribution >= 4 is 53.0 Å². The molecule has 0 bridgehead atoms. The largest absolute Gasteiger partial charge is 0.355 e. The highest BCUT2D eigenvalue weighted by molar-refractivity contribution is 14.0. The Morgan fingerprint density at radius 3 is 2.77 bits per heavy atom. The molecule has 1 aliphatic heterocycles. The minimum absolute atomic E-state index is 0. The molecule has 2 rings (SSSR count). The molecule has 1 aromatic heterocycles. The van der Waals surface area contributed by atoms with Gasteiger partial charge in [0.15, 0.2) is 5.96 Å². The number of aromatic nitrogens is 1. The summed E-state index contributed by atoms with van der Waals surface area (Å²) in [5.74, 6) is 3.46. The van der Waals surface area contributed by atoms with E-state index in [0.29, 0.717) is 0 Å². The molecule has 1 fully saturated rings. The summed E-state index contributed by atoms with van der Waals surface area (Å²) in [5.41, 5.74) is 1.11. The Morgan fingerprint density at radius 2 is 2.18 bits per heavy atom. The Bertz CT molecular complexity index is 460. The van der Waals surface area contributed by atoms with E-state index in [1.807, 2.05) is 14.0 Å². The van der Waals surface area contributed by atoms with Gasteiger partial charge in [-0.05, 0) is 6.92 Å². The molecule has 5 nitrogen and oxygen atoms in total. The van der Waals surface area contributed by atoms with Crippen LogP contribution in [0.3, 0.4) is 0 Å². The van der Waals surface area contributed by atoms with E-state index in [2.05, 4.69) is 49.3 Å². The van der Waals surface area contributed by atoms with Crippen LogP contribution in [0.5, 0.6) is 0 Å². The molecule has 8 heteroatoms. The zero-order valence-corrected chi connectivity index (χ0v) is 17.5. The van der Waals surface area contributed by atoms with Gasteiger partial charge in [-0.25, -0.2) is 4.98 Å². The number of thiazole rings is 1. The second kappa shape index (κ2) is 10.7. The molecule has 2 heterocycles. The number of rotatable bonds is 5. The molecule has 22 heavy (non-hydrogen) atoms. The Kier molecular flexibility index (Phi) is 9.69. The zero-order chi connectivity index (χ0) is 15.1. The lowest BCUT2D eigenvalue weighted by atomic mass is 10.4. The molecule has 0 unspecified atom stereocenters. The third-order valence-corrected chi connectivity index (χ3v) is 5.22. The molecule has 1 N–H and O–H groups in total. The quantitative estimate of drug-likeness (QED) is 0.419. The van der Waals surface area contributed by atoms with Crippen LogP contribution >= 0.6 is 47.1 Å². The van der Waals surface area contributed by atoms with Gasteiger partial charge in [0.1, 0.15) is 0 Å². The van der Waals surface area contributed by atoms with E-state index in [1.54, 1.807) is 11.3 Å². The highest BCUT2D eigenvalue weighted by atomic mass is 127. The van der Waals surface area contributed by atoms with Gasteiger partial charge in [-0.2, -0.15) is 11.8 Å². The predicted molar refractivity (Wildman–Crippen MR) is 109 cm³/mol. The SMILES string of the molecule is CN=C(NCCN1CCSCC1)N(C)Cc1csc(C)n1.I. The number of guanidine groups is 1. The molecule has 126 valence electrons. The van der Waals surface area contributed by atoms with Crippen LogP contribution in [0.25, 0.3) is 0 Å². The molecule has 0 atom stereocenters. The number of aliphatic imine (C=N–C) groups is 1. The van der Waals surface area contributed by atoms with E-state index in [9.17, 15) is 0 Å². The van der Waals surface area contributed by atoms with Gasteiger partial charge < -0.3 is 10.2 Å². The molecule has 1 aromatic rings. The van der Waals surface area contributed by atoms with Crippen molar-refractivity contribution in [2.45, 2.75) is 13.5 Å². The number of hydrogen-bond donors (Lipinski definition) is 1. The highest BCUT2D eigenvalue weighted by Gasteiger charge is 2.11. The first-order valence-electron chi connectivity index (χ1n) is 7.32. The summed E-state index contributed by atoms with van der Waals surface area (Å²) in [7, 11) is 3.89. The first kappa shape index (κ1) is 20.0. The van der Waals surface area contributed by atoms with Crippen molar-refractivity contribution in [3.05, 3.63) is 16.1 Å². The minimum atomic E-state index is 0. The number of halogens is 1. The second-order valence-electron chi connectivity index (χ2n) is 5.14. The molecule has 0 aliphatic carbocycles. The monoisotopic (exact) mass is 455 g/mol. The summed E-state index contributed by atoms with van der Waals surface area (Å²) >= 11 is 3.75. The fraction of sp³-hybridized carbons (Fsp3) is 0.714. The van der Waals surface area contributed by atoms with E-state index >= 15 is 0 Å². The summed E-state index contributed by atoms with van der Waals surface area (Å²) in [5, 5.41) is 6.68. The van der Waals surface area contributed by atoms with E-state index in [0.717, 1.165) is 36.3 Å². The van der Waals surface area contributed by atoms with E-state index in [1.165, 1.54) is 24.6 Å². The van der Waals surface area contributed by atoms with Gasteiger partial charge in [0.2, 0.25) is 0 Å². The summed E-state index contributed by atoms with van der Waals surface area (Å²) in [4.78, 5) is 13.5. The van der Waals surface area contributed by atoms with Crippen molar-refractivity contribution < 1.29 is 0 Å². The maximum Gasteiger partial charge on any atom is 0.193 e. The Labute approximate surface area is 159 Å². The molecular weight excluding hydrogens is 429 g/mol. The van der Waals surface area contributed by atoms with Gasteiger partial charge in [-0.1, -0.05) is 0 Å². The lowest BCUT2D eigenvalue weighted by Crippen LogP contribution is -2.43. The van der Waals surface area contributed by atoms with Crippen molar-refractivity contribution in [3.63, 3.8) is 0 Å². The van der Waals surface area contributed by atoms with Gasteiger partial charge in [-0.15, -0.1) is 35.3 Å². The van der Waals surface area contributed by atoms with Gasteiger partial charge in [0.25, 0.3) is 0 Å². The van der Waals surface area contributed by atoms with Crippen LogP contribution in [0.4, 0.5) is 0 Å². The maximum absolute atomic E-state index is 4.50. The fourth-order valence-corrected chi connectivity index (χ4v) is 3.92. The summed E-state index contributed by atoms with van der Waals surface area (Å²) in [6.45, 7) is 7.28. The van der Waals surface area contributed by atoms with Crippen molar-refractivity contribution in [1.82, 2.24) is 20.1 Å². The number of aryl methyl sites for hydroxylation is 1. The lowest BCUT2D eigenvalue weighted by molar-refractivity contribution is 0.305. The normalized spacial score (nSPS) is 16.2. The number of nitrogens with one attached hydrogen (secondary N) is 1. The Morgan fingerprint density at radius 1 is 1.45 bits per heavy atom. The van der Waals surface area contributed by atoms with Gasteiger partial charge >= 0.3 is 0 Å². The van der Waals surface area contributed by atoms with Crippen LogP contribution in [0.2, 0.25) is 0 Å². The highest BCUT2D eigenvalue weighted by Crippen LogP contribution is 2.10. The van der Waals surface area contributed by atoms with Crippen LogP contribution in [-0.4, -0.2) is 72.5 Å². The molecular formula is C14H26IN5S2. The van der Waals surface area contributed by atoms with Crippen LogP contribution < -0.4 is 5.32 Å². The summed E-state index contributed by atoms with van der Waals surface area (Å²) < 4.78 is 0. The van der Waals surface area contributed by atoms with E-state index < -0.39 is 0 Å². The van der Waals surface area contributed by atoms with Crippen molar-refractivity contribution in [2.75, 3.05) is 51.8 Å². The minimum Gasteiger partial charge on any atom is -0.355 e. The molecule has 1 aliphatic rings. The number of thioether (sulfide) groups is 1. The maximum atomic E-state index is 4.50. The van der Waals surface area contributed by atoms with Crippen LogP contribution in [0.1, 0.15) is 10.7 Å². The standard InChI is InChI=1S/C14H25N5S2.HI/c1-12-17-13(11-21-12)10-18(3)14(15-2)16-4-5-19-6-8-20-9-7-19;/h11H,4-10H2,1-3H3,(H,15,16);1H. The molecule has 0 aromatic carbocycles. The van der Waals surface area contributed by atoms with Crippen LogP contribution in [-0.2, 0) is 6.54 Å². The van der Waals surface area contributed by atoms with Gasteiger partial charge in [-0.3, -0.25) is 9.89 Å². The van der Waals surface area contributed by atoms with E-state index in [-0.39, 0.29) is 24.0 Å². The van der Waals surface area contributed by atoms with Crippen molar-refractivity contribution in [1.29, 1.82) is 0 Å². The predicted octanol–water partition coefficient (Wildman–Crippen LogP) is 2.13. The molecule has 0 radical (unpaired) electrons. The number of hydrogen-bond acceptors (Lipinski definition) is 5. The van der Waals surface area contributed by atoms with Crippen molar-refractivity contribution in [3.8, 4) is 0 Å². The second-order valence-corrected chi connectivity index (χ2v) is 7.43. The summed E-state index contributed by atoms with van der Waals surface area (Å²) in [6.07, 6.45) is 0. The van der Waals surface area contributed by atoms with E-state index in [4.69, 9.17) is 0 Å². The summed E-state index contributed by atoms with van der Waals surface area (Å²) in [6, 6.07) is 0. The average Bonchev–Trinajstić information content (AvgIpc) is 2.89. The Balaban J connectivity index is 0.00000242. The first-order valence-corrected chi connectivity index (χ1v) is 9.35. The topological polar surface area (TPSA) is 43.8 Å². The Hall–Kier alpha value is -0.0600. The van der Waals surface area contributed by atoms with Crippen LogP contribution in [0.15, 0.2) is 10.4 Å². The molecule has 0 amide bonds. The smallest absolute Gasteiger partial charge is 0.193 e. The van der Waals surface area contributed by atoms with Gasteiger partial charge in [0, 0.05) is 57.2 Å². The molecule has 0 saturated carbocycles. The number of nitrogens with zero attached hydrogens (tertiary/aromatic N) is 4. The molecule has 0 spiro atoms. The van der Waals surface area contributed by atoms with Crippen LogP contribution in [0, 0.1) is 6.92 Å². The third kappa shape index (κ3) is 6.59. The van der Waals surface area contributed by atoms with Gasteiger partial charge in [0.05, 0.1) is 17.2 Å². The third-order valence-electron chi connectivity index (χ3n) is 3.45. The first-order chi connectivity index (χ1) is 10.2. The van der Waals surface area contributed by atoms with Crippen molar-refractivity contribution in [2.24, 2.45) is 4.99 Å².